The van der Waals surface area contributed by atoms with Gasteiger partial charge >= 0.3 is 0 Å². The van der Waals surface area contributed by atoms with E-state index in [1.54, 1.807) is 0 Å². The van der Waals surface area contributed by atoms with Gasteiger partial charge in [-0.05, 0) is 50.1 Å². The van der Waals surface area contributed by atoms with Crippen molar-refractivity contribution in [2.75, 3.05) is 13.1 Å². The summed E-state index contributed by atoms with van der Waals surface area (Å²) >= 11 is 5.53. The van der Waals surface area contributed by atoms with Crippen LogP contribution in [0.15, 0.2) is 0 Å². The fourth-order valence-electron chi connectivity index (χ4n) is 3.22. The molecule has 0 radical (unpaired) electrons. The van der Waals surface area contributed by atoms with E-state index in [0.29, 0.717) is 17.9 Å². The van der Waals surface area contributed by atoms with Gasteiger partial charge < -0.3 is 0 Å². The minimum atomic E-state index is 0.628. The standard InChI is InChI=1S/C15H29NS/c1-5-6-9-14(13(4)17)15(12(2)3)16-10-7-8-11-16/h12,14-15H,5-11H2,1-4H3/t14-,15-/m0/s1. The number of rotatable bonds is 7. The zero-order chi connectivity index (χ0) is 12.8. The fraction of sp³-hybridized carbons (Fsp3) is 0.933. The van der Waals surface area contributed by atoms with Crippen molar-refractivity contribution >= 4 is 17.1 Å². The van der Waals surface area contributed by atoms with E-state index in [2.05, 4.69) is 32.6 Å². The van der Waals surface area contributed by atoms with Gasteiger partial charge in [-0.3, -0.25) is 4.90 Å². The lowest BCUT2D eigenvalue weighted by Crippen LogP contribution is -2.44. The smallest absolute Gasteiger partial charge is 0.0192 e. The van der Waals surface area contributed by atoms with Crippen LogP contribution in [0.4, 0.5) is 0 Å². The molecule has 1 aliphatic rings. The third-order valence-electron chi connectivity index (χ3n) is 4.05. The third kappa shape index (κ3) is 4.33. The van der Waals surface area contributed by atoms with Crippen molar-refractivity contribution in [2.45, 2.75) is 65.8 Å². The lowest BCUT2D eigenvalue weighted by molar-refractivity contribution is 0.151. The van der Waals surface area contributed by atoms with Gasteiger partial charge in [0.25, 0.3) is 0 Å². The first-order valence-electron chi connectivity index (χ1n) is 7.32. The number of nitrogens with zero attached hydrogens (tertiary/aromatic N) is 1. The van der Waals surface area contributed by atoms with Crippen LogP contribution in [0, 0.1) is 11.8 Å². The van der Waals surface area contributed by atoms with Crippen molar-refractivity contribution in [3.8, 4) is 0 Å². The first-order chi connectivity index (χ1) is 8.07. The molecule has 0 unspecified atom stereocenters. The van der Waals surface area contributed by atoms with E-state index < -0.39 is 0 Å². The molecule has 1 saturated heterocycles. The van der Waals surface area contributed by atoms with Gasteiger partial charge in [-0.1, -0.05) is 45.8 Å². The second kappa shape index (κ2) is 7.48. The molecule has 100 valence electrons. The van der Waals surface area contributed by atoms with Gasteiger partial charge in [-0.25, -0.2) is 0 Å². The molecule has 0 amide bonds. The Hall–Kier alpha value is 0.0500. The zero-order valence-electron chi connectivity index (χ0n) is 12.0. The fourth-order valence-corrected chi connectivity index (χ4v) is 3.48. The lowest BCUT2D eigenvalue weighted by atomic mass is 9.83. The Morgan fingerprint density at radius 3 is 2.24 bits per heavy atom. The summed E-state index contributed by atoms with van der Waals surface area (Å²) in [5, 5.41) is 0. The predicted octanol–water partition coefficient (Wildman–Crippen LogP) is 4.30. The molecule has 0 aliphatic carbocycles. The maximum absolute atomic E-state index is 5.53. The number of likely N-dealkylation sites (tertiary alicyclic amines) is 1. The quantitative estimate of drug-likeness (QED) is 0.624. The highest BCUT2D eigenvalue weighted by Crippen LogP contribution is 2.28. The monoisotopic (exact) mass is 255 g/mol. The molecule has 1 nitrogen and oxygen atoms in total. The van der Waals surface area contributed by atoms with Gasteiger partial charge in [0.15, 0.2) is 0 Å². The van der Waals surface area contributed by atoms with E-state index in [4.69, 9.17) is 12.2 Å². The third-order valence-corrected chi connectivity index (χ3v) is 4.35. The van der Waals surface area contributed by atoms with Crippen LogP contribution >= 0.6 is 12.2 Å². The van der Waals surface area contributed by atoms with E-state index in [-0.39, 0.29) is 0 Å². The van der Waals surface area contributed by atoms with Crippen molar-refractivity contribution in [2.24, 2.45) is 11.8 Å². The summed E-state index contributed by atoms with van der Waals surface area (Å²) in [4.78, 5) is 3.92. The van der Waals surface area contributed by atoms with Crippen LogP contribution in [0.1, 0.15) is 59.8 Å². The molecular weight excluding hydrogens is 226 g/mol. The Kier molecular flexibility index (Phi) is 6.65. The zero-order valence-corrected chi connectivity index (χ0v) is 12.9. The molecule has 1 fully saturated rings. The van der Waals surface area contributed by atoms with Gasteiger partial charge in [0.2, 0.25) is 0 Å². The molecule has 2 heteroatoms. The van der Waals surface area contributed by atoms with E-state index >= 15 is 0 Å². The summed E-state index contributed by atoms with van der Waals surface area (Å²) < 4.78 is 0. The summed E-state index contributed by atoms with van der Waals surface area (Å²) in [5.41, 5.74) is 0. The Morgan fingerprint density at radius 2 is 1.82 bits per heavy atom. The molecule has 0 bridgehead atoms. The van der Waals surface area contributed by atoms with E-state index in [9.17, 15) is 0 Å². The largest absolute Gasteiger partial charge is 0.300 e. The Labute approximate surface area is 113 Å². The van der Waals surface area contributed by atoms with Crippen LogP contribution in [-0.2, 0) is 0 Å². The molecular formula is C15H29NS. The van der Waals surface area contributed by atoms with Gasteiger partial charge in [0.1, 0.15) is 0 Å². The van der Waals surface area contributed by atoms with Gasteiger partial charge in [0.05, 0.1) is 0 Å². The van der Waals surface area contributed by atoms with Gasteiger partial charge in [-0.15, -0.1) is 0 Å². The first-order valence-corrected chi connectivity index (χ1v) is 7.73. The molecule has 2 atom stereocenters. The van der Waals surface area contributed by atoms with E-state index in [1.807, 2.05) is 0 Å². The van der Waals surface area contributed by atoms with Gasteiger partial charge in [0, 0.05) is 12.0 Å². The topological polar surface area (TPSA) is 3.24 Å². The molecule has 0 spiro atoms. The Bertz CT molecular complexity index is 231. The number of thiocarbonyl (C=S) groups is 1. The molecule has 0 saturated carbocycles. The Morgan fingerprint density at radius 1 is 1.24 bits per heavy atom. The van der Waals surface area contributed by atoms with Crippen molar-refractivity contribution in [1.29, 1.82) is 0 Å². The second-order valence-corrected chi connectivity index (χ2v) is 6.48. The van der Waals surface area contributed by atoms with E-state index in [0.717, 1.165) is 0 Å². The average molecular weight is 255 g/mol. The van der Waals surface area contributed by atoms with Crippen LogP contribution in [-0.4, -0.2) is 28.9 Å². The van der Waals surface area contributed by atoms with Crippen molar-refractivity contribution in [1.82, 2.24) is 4.90 Å². The normalized spacial score (nSPS) is 20.8. The SMILES string of the molecule is CCCC[C@@H](C(C)=S)[C@H](C(C)C)N1CCCC1. The molecule has 1 aliphatic heterocycles. The minimum Gasteiger partial charge on any atom is -0.300 e. The predicted molar refractivity (Wildman–Crippen MR) is 80.7 cm³/mol. The maximum Gasteiger partial charge on any atom is 0.0192 e. The highest BCUT2D eigenvalue weighted by Gasteiger charge is 2.32. The second-order valence-electron chi connectivity index (χ2n) is 5.84. The maximum atomic E-state index is 5.53. The minimum absolute atomic E-state index is 0.628. The van der Waals surface area contributed by atoms with Crippen molar-refractivity contribution < 1.29 is 0 Å². The van der Waals surface area contributed by atoms with Crippen molar-refractivity contribution in [3.05, 3.63) is 0 Å². The summed E-state index contributed by atoms with van der Waals surface area (Å²) in [5.74, 6) is 1.34. The number of hydrogen-bond acceptors (Lipinski definition) is 2. The number of unbranched alkanes of at least 4 members (excludes halogenated alkanes) is 1. The van der Waals surface area contributed by atoms with Crippen LogP contribution in [0.3, 0.4) is 0 Å². The van der Waals surface area contributed by atoms with Gasteiger partial charge in [-0.2, -0.15) is 0 Å². The van der Waals surface area contributed by atoms with Crippen molar-refractivity contribution in [3.63, 3.8) is 0 Å². The summed E-state index contributed by atoms with van der Waals surface area (Å²) in [7, 11) is 0. The number of hydrogen-bond donors (Lipinski definition) is 0. The highest BCUT2D eigenvalue weighted by molar-refractivity contribution is 7.80. The highest BCUT2D eigenvalue weighted by atomic mass is 32.1. The summed E-state index contributed by atoms with van der Waals surface area (Å²) in [6, 6.07) is 0.682. The first kappa shape index (κ1) is 15.1. The molecule has 1 heterocycles. The average Bonchev–Trinajstić information content (AvgIpc) is 2.76. The molecule has 0 aromatic heterocycles. The summed E-state index contributed by atoms with van der Waals surface area (Å²) in [6.07, 6.45) is 6.63. The van der Waals surface area contributed by atoms with Crippen LogP contribution in [0.25, 0.3) is 0 Å². The van der Waals surface area contributed by atoms with Crippen LogP contribution in [0.5, 0.6) is 0 Å². The van der Waals surface area contributed by atoms with E-state index in [1.165, 1.54) is 50.1 Å². The molecule has 1 rings (SSSR count). The molecule has 0 N–H and O–H groups in total. The Balaban J connectivity index is 2.72. The molecule has 0 aromatic carbocycles. The van der Waals surface area contributed by atoms with Crippen LogP contribution in [0.2, 0.25) is 0 Å². The lowest BCUT2D eigenvalue weighted by Gasteiger charge is -2.37. The van der Waals surface area contributed by atoms with Crippen LogP contribution < -0.4 is 0 Å². The molecule has 17 heavy (non-hydrogen) atoms. The molecule has 0 aromatic rings. The summed E-state index contributed by atoms with van der Waals surface area (Å²) in [6.45, 7) is 11.7.